The molecule has 1 heterocycles. The van der Waals surface area contributed by atoms with Crippen molar-refractivity contribution in [2.75, 3.05) is 24.3 Å². The molecule has 0 saturated carbocycles. The topological polar surface area (TPSA) is 164 Å². The lowest BCUT2D eigenvalue weighted by Gasteiger charge is -2.15. The zero-order chi connectivity index (χ0) is 19.7. The first-order valence-electron chi connectivity index (χ1n) is 7.40. The highest BCUT2D eigenvalue weighted by Gasteiger charge is 2.27. The standard InChI is InChI=1S/C15H11N7O5/c1-20(2)12-6-11(13-14(19-27-18-13)15(12)22(25)26)17-10-4-3-9(21(23)24)5-8(10)7-16/h3-6,17H,1-2H3. The molecular formula is C15H11N7O5. The van der Waals surface area contributed by atoms with Gasteiger partial charge in [0, 0.05) is 26.2 Å². The van der Waals surface area contributed by atoms with E-state index in [4.69, 9.17) is 0 Å². The number of non-ortho nitro benzene ring substituents is 1. The predicted molar refractivity (Wildman–Crippen MR) is 93.9 cm³/mol. The van der Waals surface area contributed by atoms with Gasteiger partial charge in [-0.3, -0.25) is 20.2 Å². The molecule has 0 saturated heterocycles. The van der Waals surface area contributed by atoms with E-state index in [2.05, 4.69) is 20.3 Å². The highest BCUT2D eigenvalue weighted by molar-refractivity contribution is 6.00. The molecule has 0 fully saturated rings. The lowest BCUT2D eigenvalue weighted by atomic mass is 10.1. The second kappa shape index (κ2) is 6.56. The molecule has 0 radical (unpaired) electrons. The lowest BCUT2D eigenvalue weighted by molar-refractivity contribution is -0.384. The first kappa shape index (κ1) is 17.5. The van der Waals surface area contributed by atoms with Crippen LogP contribution in [0.25, 0.3) is 11.0 Å². The summed E-state index contributed by atoms with van der Waals surface area (Å²) < 4.78 is 4.66. The molecule has 136 valence electrons. The van der Waals surface area contributed by atoms with Gasteiger partial charge in [0.05, 0.1) is 26.8 Å². The fourth-order valence-corrected chi connectivity index (χ4v) is 2.52. The Morgan fingerprint density at radius 3 is 2.41 bits per heavy atom. The molecule has 0 atom stereocenters. The number of nitro groups is 2. The van der Waals surface area contributed by atoms with Gasteiger partial charge >= 0.3 is 5.69 Å². The summed E-state index contributed by atoms with van der Waals surface area (Å²) in [6, 6.07) is 7.07. The van der Waals surface area contributed by atoms with E-state index in [1.54, 1.807) is 14.1 Å². The second-order valence-corrected chi connectivity index (χ2v) is 5.63. The Morgan fingerprint density at radius 1 is 1.11 bits per heavy atom. The van der Waals surface area contributed by atoms with Crippen LogP contribution in [0.3, 0.4) is 0 Å². The van der Waals surface area contributed by atoms with E-state index in [1.807, 2.05) is 6.07 Å². The molecule has 2 aromatic carbocycles. The summed E-state index contributed by atoms with van der Waals surface area (Å²) in [5.74, 6) is 0. The van der Waals surface area contributed by atoms with Crippen LogP contribution in [0.2, 0.25) is 0 Å². The molecule has 0 unspecified atom stereocenters. The van der Waals surface area contributed by atoms with Crippen LogP contribution in [0.15, 0.2) is 28.9 Å². The fourth-order valence-electron chi connectivity index (χ4n) is 2.52. The third kappa shape index (κ3) is 3.04. The average Bonchev–Trinajstić information content (AvgIpc) is 3.10. The van der Waals surface area contributed by atoms with Gasteiger partial charge in [0.1, 0.15) is 11.8 Å². The minimum atomic E-state index is -0.611. The number of nitro benzene ring substituents is 2. The highest BCUT2D eigenvalue weighted by Crippen LogP contribution is 2.39. The van der Waals surface area contributed by atoms with Crippen LogP contribution >= 0.6 is 0 Å². The molecule has 3 aromatic rings. The van der Waals surface area contributed by atoms with Gasteiger partial charge in [0.15, 0.2) is 5.52 Å². The summed E-state index contributed by atoms with van der Waals surface area (Å²) in [5, 5.41) is 41.8. The van der Waals surface area contributed by atoms with Crippen molar-refractivity contribution in [2.45, 2.75) is 0 Å². The van der Waals surface area contributed by atoms with Gasteiger partial charge in [0.25, 0.3) is 5.69 Å². The Bertz CT molecular complexity index is 1120. The molecule has 1 aromatic heterocycles. The number of fused-ring (bicyclic) bond motifs is 1. The van der Waals surface area contributed by atoms with Gasteiger partial charge in [-0.1, -0.05) is 0 Å². The van der Waals surface area contributed by atoms with Crippen molar-refractivity contribution in [1.29, 1.82) is 5.26 Å². The molecule has 27 heavy (non-hydrogen) atoms. The summed E-state index contributed by atoms with van der Waals surface area (Å²) >= 11 is 0. The number of hydrogen-bond acceptors (Lipinski definition) is 10. The lowest BCUT2D eigenvalue weighted by Crippen LogP contribution is -2.12. The summed E-state index contributed by atoms with van der Waals surface area (Å²) in [7, 11) is 3.25. The maximum absolute atomic E-state index is 11.5. The number of nitrogens with zero attached hydrogens (tertiary/aromatic N) is 6. The largest absolute Gasteiger partial charge is 0.372 e. The maximum atomic E-state index is 11.5. The van der Waals surface area contributed by atoms with Crippen molar-refractivity contribution >= 4 is 39.5 Å². The van der Waals surface area contributed by atoms with Gasteiger partial charge in [-0.25, -0.2) is 4.63 Å². The molecule has 0 aliphatic carbocycles. The Kier molecular flexibility index (Phi) is 4.26. The zero-order valence-corrected chi connectivity index (χ0v) is 14.0. The molecule has 1 N–H and O–H groups in total. The van der Waals surface area contributed by atoms with Crippen molar-refractivity contribution in [1.82, 2.24) is 10.3 Å². The molecule has 0 bridgehead atoms. The van der Waals surface area contributed by atoms with E-state index in [0.717, 1.165) is 6.07 Å². The predicted octanol–water partition coefficient (Wildman–Crippen LogP) is 2.72. The number of anilines is 3. The fraction of sp³-hybridized carbons (Fsp3) is 0.133. The van der Waals surface area contributed by atoms with Gasteiger partial charge in [0.2, 0.25) is 5.52 Å². The first-order chi connectivity index (χ1) is 12.8. The number of aromatic nitrogens is 2. The summed E-state index contributed by atoms with van der Waals surface area (Å²) in [6.07, 6.45) is 0. The molecular weight excluding hydrogens is 358 g/mol. The Labute approximate surface area is 150 Å². The zero-order valence-electron chi connectivity index (χ0n) is 14.0. The van der Waals surface area contributed by atoms with Gasteiger partial charge in [-0.05, 0) is 22.4 Å². The van der Waals surface area contributed by atoms with E-state index in [1.165, 1.54) is 23.1 Å². The third-order valence-electron chi connectivity index (χ3n) is 3.76. The van der Waals surface area contributed by atoms with E-state index in [-0.39, 0.29) is 39.3 Å². The SMILES string of the molecule is CN(C)c1cc(Nc2ccc([N+](=O)[O-])cc2C#N)c2nonc2c1[N+](=O)[O-]. The van der Waals surface area contributed by atoms with Gasteiger partial charge < -0.3 is 10.2 Å². The number of rotatable bonds is 5. The van der Waals surface area contributed by atoms with Crippen molar-refractivity contribution in [3.8, 4) is 6.07 Å². The molecule has 12 nitrogen and oxygen atoms in total. The summed E-state index contributed by atoms with van der Waals surface area (Å²) in [5.41, 5.74) is 0.360. The smallest absolute Gasteiger partial charge is 0.323 e. The maximum Gasteiger partial charge on any atom is 0.323 e. The molecule has 0 aliphatic rings. The van der Waals surface area contributed by atoms with Gasteiger partial charge in [-0.2, -0.15) is 5.26 Å². The number of benzene rings is 2. The molecule has 0 spiro atoms. The van der Waals surface area contributed by atoms with E-state index in [0.29, 0.717) is 5.69 Å². The van der Waals surface area contributed by atoms with Crippen LogP contribution in [-0.4, -0.2) is 34.3 Å². The summed E-state index contributed by atoms with van der Waals surface area (Å²) in [4.78, 5) is 22.7. The minimum Gasteiger partial charge on any atom is -0.372 e. The van der Waals surface area contributed by atoms with E-state index in [9.17, 15) is 25.5 Å². The van der Waals surface area contributed by atoms with Crippen molar-refractivity contribution < 1.29 is 14.5 Å². The van der Waals surface area contributed by atoms with E-state index >= 15 is 0 Å². The average molecular weight is 369 g/mol. The van der Waals surface area contributed by atoms with Crippen LogP contribution in [0.5, 0.6) is 0 Å². The number of nitriles is 1. The first-order valence-corrected chi connectivity index (χ1v) is 7.40. The minimum absolute atomic E-state index is 0.0264. The third-order valence-corrected chi connectivity index (χ3v) is 3.76. The summed E-state index contributed by atoms with van der Waals surface area (Å²) in [6.45, 7) is 0. The Balaban J connectivity index is 2.18. The number of hydrogen-bond donors (Lipinski definition) is 1. The molecule has 0 aliphatic heterocycles. The van der Waals surface area contributed by atoms with Crippen LogP contribution in [0, 0.1) is 31.6 Å². The van der Waals surface area contributed by atoms with Crippen molar-refractivity contribution in [3.63, 3.8) is 0 Å². The van der Waals surface area contributed by atoms with Gasteiger partial charge in [-0.15, -0.1) is 0 Å². The monoisotopic (exact) mass is 369 g/mol. The van der Waals surface area contributed by atoms with Crippen LogP contribution < -0.4 is 10.2 Å². The quantitative estimate of drug-likeness (QED) is 0.522. The van der Waals surface area contributed by atoms with Crippen LogP contribution in [-0.2, 0) is 0 Å². The highest BCUT2D eigenvalue weighted by atomic mass is 16.6. The molecule has 12 heteroatoms. The Hall–Kier alpha value is -4.27. The normalized spacial score (nSPS) is 10.4. The van der Waals surface area contributed by atoms with E-state index < -0.39 is 9.85 Å². The second-order valence-electron chi connectivity index (χ2n) is 5.63. The van der Waals surface area contributed by atoms with Crippen LogP contribution in [0.4, 0.5) is 28.4 Å². The van der Waals surface area contributed by atoms with Crippen molar-refractivity contribution in [3.05, 3.63) is 50.1 Å². The van der Waals surface area contributed by atoms with Crippen LogP contribution in [0.1, 0.15) is 5.56 Å². The molecule has 0 amide bonds. The van der Waals surface area contributed by atoms with Crippen molar-refractivity contribution in [2.24, 2.45) is 0 Å². The number of nitrogens with one attached hydrogen (secondary N) is 1. The molecule has 3 rings (SSSR count). The Morgan fingerprint density at radius 2 is 1.81 bits per heavy atom.